The molecular formula is C20H39N3O5. The highest BCUT2D eigenvalue weighted by Crippen LogP contribution is 2.32. The van der Waals surface area contributed by atoms with Crippen molar-refractivity contribution in [3.8, 4) is 0 Å². The molecule has 8 heteroatoms. The van der Waals surface area contributed by atoms with Gasteiger partial charge < -0.3 is 19.3 Å². The lowest BCUT2D eigenvalue weighted by atomic mass is 10.1. The van der Waals surface area contributed by atoms with Crippen LogP contribution in [0.25, 0.3) is 0 Å². The summed E-state index contributed by atoms with van der Waals surface area (Å²) in [4.78, 5) is 39.7. The number of likely N-dealkylation sites (N-methyl/N-ethyl adjacent to an activating group) is 2. The summed E-state index contributed by atoms with van der Waals surface area (Å²) in [5.74, 6) is 0.177. The minimum Gasteiger partial charge on any atom is -0.468 e. The van der Waals surface area contributed by atoms with Crippen molar-refractivity contribution in [2.45, 2.75) is 59.5 Å². The first kappa shape index (κ1) is 26.2. The molecule has 28 heavy (non-hydrogen) atoms. The lowest BCUT2D eigenvalue weighted by molar-refractivity contribution is -0.148. The number of carbonyl (C=O) groups excluding carboxylic acids is 3. The van der Waals surface area contributed by atoms with E-state index in [1.165, 1.54) is 26.9 Å². The van der Waals surface area contributed by atoms with Crippen molar-refractivity contribution in [2.24, 2.45) is 5.92 Å². The van der Waals surface area contributed by atoms with Crippen LogP contribution in [-0.4, -0.2) is 92.2 Å². The second-order valence-electron chi connectivity index (χ2n) is 6.78. The third-order valence-corrected chi connectivity index (χ3v) is 4.78. The molecule has 164 valence electrons. The lowest BCUT2D eigenvalue weighted by Crippen LogP contribution is -2.53. The Kier molecular flexibility index (Phi) is 12.5. The molecule has 1 aliphatic carbocycles. The summed E-state index contributed by atoms with van der Waals surface area (Å²) in [7, 11) is 5.07. The molecular weight excluding hydrogens is 362 g/mol. The second kappa shape index (κ2) is 13.4. The van der Waals surface area contributed by atoms with Gasteiger partial charge in [-0.25, -0.2) is 4.79 Å². The molecule has 0 aromatic heterocycles. The van der Waals surface area contributed by atoms with Crippen molar-refractivity contribution >= 4 is 18.0 Å². The molecule has 1 aliphatic heterocycles. The first-order valence-electron chi connectivity index (χ1n) is 10.2. The Morgan fingerprint density at radius 2 is 1.82 bits per heavy atom. The Hall–Kier alpha value is -1.83. The highest BCUT2D eigenvalue weighted by molar-refractivity contribution is 5.82. The summed E-state index contributed by atoms with van der Waals surface area (Å²) < 4.78 is 9.33. The van der Waals surface area contributed by atoms with E-state index in [1.807, 2.05) is 37.6 Å². The molecule has 2 aliphatic rings. The van der Waals surface area contributed by atoms with E-state index in [4.69, 9.17) is 4.74 Å². The Morgan fingerprint density at radius 3 is 2.18 bits per heavy atom. The molecule has 0 spiro atoms. The molecule has 0 aromatic carbocycles. The van der Waals surface area contributed by atoms with E-state index in [0.717, 1.165) is 13.1 Å². The molecule has 1 saturated carbocycles. The molecule has 0 N–H and O–H groups in total. The molecule has 1 saturated heterocycles. The number of esters is 2. The number of rotatable bonds is 7. The van der Waals surface area contributed by atoms with Crippen LogP contribution in [0, 0.1) is 5.92 Å². The van der Waals surface area contributed by atoms with Crippen LogP contribution in [-0.2, 0) is 19.1 Å². The molecule has 2 fully saturated rings. The quantitative estimate of drug-likeness (QED) is 0.609. The summed E-state index contributed by atoms with van der Waals surface area (Å²) in [6.07, 6.45) is 2.43. The van der Waals surface area contributed by atoms with Crippen LogP contribution in [0.4, 0.5) is 4.79 Å². The van der Waals surface area contributed by atoms with Crippen LogP contribution in [0.3, 0.4) is 0 Å². The third kappa shape index (κ3) is 8.04. The minimum atomic E-state index is -0.400. The fourth-order valence-corrected chi connectivity index (χ4v) is 3.02. The number of ether oxygens (including phenoxy) is 2. The van der Waals surface area contributed by atoms with Crippen LogP contribution >= 0.6 is 0 Å². The molecule has 2 amide bonds. The van der Waals surface area contributed by atoms with Gasteiger partial charge in [-0.15, -0.1) is 0 Å². The zero-order chi connectivity index (χ0) is 21.9. The molecule has 0 aromatic rings. The standard InChI is InChI=1S/C14H25N3O3.C4H8O2.C2H6/c1-5-15(2)12(13(18)20-4)11-9-17(8-10-6-7-10)14(19)16(11)3;1-3-6-4(2)5;1-2/h10-12H,5-9H2,1-4H3;3H2,1-2H3;1-2H3/t11-,12+;;/m0../s1. The second-order valence-corrected chi connectivity index (χ2v) is 6.78. The summed E-state index contributed by atoms with van der Waals surface area (Å²) in [5, 5.41) is 0. The average molecular weight is 402 g/mol. The Balaban J connectivity index is 0.000000780. The number of urea groups is 1. The number of methoxy groups -OCH3 is 1. The van der Waals surface area contributed by atoms with Gasteiger partial charge in [0.15, 0.2) is 0 Å². The molecule has 8 nitrogen and oxygen atoms in total. The molecule has 0 unspecified atom stereocenters. The van der Waals surface area contributed by atoms with Gasteiger partial charge in [0, 0.05) is 27.1 Å². The van der Waals surface area contributed by atoms with Crippen molar-refractivity contribution < 1.29 is 23.9 Å². The largest absolute Gasteiger partial charge is 0.468 e. The fraction of sp³-hybridized carbons (Fsp3) is 0.850. The van der Waals surface area contributed by atoms with Crippen LogP contribution in [0.15, 0.2) is 0 Å². The first-order chi connectivity index (χ1) is 13.3. The number of hydrogen-bond donors (Lipinski definition) is 0. The topological polar surface area (TPSA) is 79.4 Å². The van der Waals surface area contributed by atoms with E-state index in [-0.39, 0.29) is 24.0 Å². The van der Waals surface area contributed by atoms with Crippen molar-refractivity contribution in [3.05, 3.63) is 0 Å². The predicted molar refractivity (Wildman–Crippen MR) is 109 cm³/mol. The fourth-order valence-electron chi connectivity index (χ4n) is 3.02. The van der Waals surface area contributed by atoms with Gasteiger partial charge in [-0.3, -0.25) is 14.5 Å². The van der Waals surface area contributed by atoms with Gasteiger partial charge in [0.05, 0.1) is 19.8 Å². The van der Waals surface area contributed by atoms with Gasteiger partial charge in [-0.05, 0) is 39.3 Å². The molecule has 2 rings (SSSR count). The molecule has 2 atom stereocenters. The summed E-state index contributed by atoms with van der Waals surface area (Å²) in [5.41, 5.74) is 0. The molecule has 0 radical (unpaired) electrons. The maximum Gasteiger partial charge on any atom is 0.325 e. The van der Waals surface area contributed by atoms with Crippen molar-refractivity contribution in [1.29, 1.82) is 0 Å². The molecule has 1 heterocycles. The first-order valence-corrected chi connectivity index (χ1v) is 10.2. The van der Waals surface area contributed by atoms with Crippen molar-refractivity contribution in [2.75, 3.05) is 47.4 Å². The van der Waals surface area contributed by atoms with Gasteiger partial charge in [-0.2, -0.15) is 0 Å². The Labute approximate surface area is 170 Å². The number of amides is 2. The van der Waals surface area contributed by atoms with Gasteiger partial charge in [0.2, 0.25) is 0 Å². The maximum atomic E-state index is 12.3. The van der Waals surface area contributed by atoms with E-state index in [9.17, 15) is 14.4 Å². The summed E-state index contributed by atoms with van der Waals surface area (Å²) in [6.45, 7) is 11.8. The summed E-state index contributed by atoms with van der Waals surface area (Å²) in [6, 6.07) is -0.512. The number of nitrogens with zero attached hydrogens (tertiary/aromatic N) is 3. The van der Waals surface area contributed by atoms with E-state index in [0.29, 0.717) is 19.1 Å². The SMILES string of the molecule is CC.CCN(C)[C@@H](C(=O)OC)[C@@H]1CN(CC2CC2)C(=O)N1C.CCOC(C)=O. The van der Waals surface area contributed by atoms with Crippen LogP contribution < -0.4 is 0 Å². The van der Waals surface area contributed by atoms with Crippen LogP contribution in [0.1, 0.15) is 47.5 Å². The van der Waals surface area contributed by atoms with E-state index >= 15 is 0 Å². The van der Waals surface area contributed by atoms with Gasteiger partial charge in [-0.1, -0.05) is 20.8 Å². The Morgan fingerprint density at radius 1 is 1.25 bits per heavy atom. The van der Waals surface area contributed by atoms with E-state index in [1.54, 1.807) is 18.9 Å². The predicted octanol–water partition coefficient (Wildman–Crippen LogP) is 2.22. The van der Waals surface area contributed by atoms with Gasteiger partial charge in [0.1, 0.15) is 6.04 Å². The summed E-state index contributed by atoms with van der Waals surface area (Å²) >= 11 is 0. The van der Waals surface area contributed by atoms with Crippen LogP contribution in [0.5, 0.6) is 0 Å². The average Bonchev–Trinajstić information content (AvgIpc) is 3.46. The van der Waals surface area contributed by atoms with E-state index < -0.39 is 6.04 Å². The monoisotopic (exact) mass is 401 g/mol. The normalized spacial score (nSPS) is 19.3. The number of hydrogen-bond acceptors (Lipinski definition) is 6. The maximum absolute atomic E-state index is 12.3. The minimum absolute atomic E-state index is 0.0281. The highest BCUT2D eigenvalue weighted by atomic mass is 16.5. The van der Waals surface area contributed by atoms with E-state index in [2.05, 4.69) is 4.74 Å². The van der Waals surface area contributed by atoms with Gasteiger partial charge >= 0.3 is 18.0 Å². The van der Waals surface area contributed by atoms with Crippen molar-refractivity contribution in [3.63, 3.8) is 0 Å². The smallest absolute Gasteiger partial charge is 0.325 e. The zero-order valence-corrected chi connectivity index (χ0v) is 18.9. The zero-order valence-electron chi connectivity index (χ0n) is 18.9. The number of carbonyl (C=O) groups is 3. The van der Waals surface area contributed by atoms with Crippen LogP contribution in [0.2, 0.25) is 0 Å². The molecule has 0 bridgehead atoms. The van der Waals surface area contributed by atoms with Gasteiger partial charge in [0.25, 0.3) is 0 Å². The lowest BCUT2D eigenvalue weighted by Gasteiger charge is -2.32. The Bertz CT molecular complexity index is 496. The van der Waals surface area contributed by atoms with Crippen molar-refractivity contribution in [1.82, 2.24) is 14.7 Å². The highest BCUT2D eigenvalue weighted by Gasteiger charge is 2.45. The third-order valence-electron chi connectivity index (χ3n) is 4.78.